The van der Waals surface area contributed by atoms with Crippen LogP contribution in [-0.2, 0) is 4.79 Å². The van der Waals surface area contributed by atoms with E-state index in [1.165, 1.54) is 0 Å². The van der Waals surface area contributed by atoms with Gasteiger partial charge in [-0.1, -0.05) is 30.3 Å². The van der Waals surface area contributed by atoms with Gasteiger partial charge in [0.05, 0.1) is 6.42 Å². The lowest BCUT2D eigenvalue weighted by Gasteiger charge is -1.89. The Labute approximate surface area is 88.7 Å². The topological polar surface area (TPSA) is 32.1 Å². The number of hydrogen-bond donors (Lipinski definition) is 1. The second-order valence-corrected chi connectivity index (χ2v) is 3.40. The van der Waals surface area contributed by atoms with Crippen molar-refractivity contribution in [2.75, 3.05) is 6.54 Å². The fourth-order valence-electron chi connectivity index (χ4n) is 1.43. The van der Waals surface area contributed by atoms with Gasteiger partial charge >= 0.3 is 0 Å². The zero-order valence-corrected chi connectivity index (χ0v) is 8.39. The highest BCUT2D eigenvalue weighted by atomic mass is 16.2. The lowest BCUT2D eigenvalue weighted by Crippen LogP contribution is -2.24. The normalized spacial score (nSPS) is 18.7. The van der Waals surface area contributed by atoms with Crippen LogP contribution in [0.25, 0.3) is 6.08 Å². The van der Waals surface area contributed by atoms with Crippen molar-refractivity contribution >= 4 is 18.2 Å². The van der Waals surface area contributed by atoms with E-state index in [4.69, 9.17) is 0 Å². The molecule has 0 radical (unpaired) electrons. The molecular weight excluding hydrogens is 188 g/mol. The van der Waals surface area contributed by atoms with Crippen molar-refractivity contribution in [3.8, 4) is 0 Å². The van der Waals surface area contributed by atoms with Crippen LogP contribution in [0.3, 0.4) is 0 Å². The van der Waals surface area contributed by atoms with Gasteiger partial charge in [0.25, 0.3) is 5.91 Å². The average molecular weight is 201 g/mol. The summed E-state index contributed by atoms with van der Waals surface area (Å²) in [6.45, 7) is 0.748. The Hall–Kier alpha value is -1.90. The maximum absolute atomic E-state index is 10.9. The van der Waals surface area contributed by atoms with Crippen LogP contribution >= 0.6 is 0 Å². The van der Waals surface area contributed by atoms with Crippen LogP contribution in [0.1, 0.15) is 12.0 Å². The van der Waals surface area contributed by atoms with Gasteiger partial charge in [-0.2, -0.15) is 0 Å². The fourth-order valence-corrected chi connectivity index (χ4v) is 1.43. The van der Waals surface area contributed by atoms with Gasteiger partial charge in [0.1, 0.15) is 0 Å². The van der Waals surface area contributed by atoms with Crippen molar-refractivity contribution in [1.29, 1.82) is 0 Å². The van der Waals surface area contributed by atoms with E-state index in [-0.39, 0.29) is 5.91 Å². The molecule has 1 heterocycles. The Morgan fingerprint density at radius 3 is 2.73 bits per heavy atom. The molecule has 3 heteroatoms. The molecule has 3 nitrogen and oxygen atoms in total. The number of rotatable bonds is 2. The molecule has 76 valence electrons. The standard InChI is InChI=1S/C12H12N2O/c15-12-8-10-14(13-12)9-4-7-11-5-2-1-3-6-11/h1-7,9H,8,10H2/p+1. The van der Waals surface area contributed by atoms with E-state index < -0.39 is 0 Å². The summed E-state index contributed by atoms with van der Waals surface area (Å²) in [6, 6.07) is 10.1. The van der Waals surface area contributed by atoms with Gasteiger partial charge < -0.3 is 0 Å². The highest BCUT2D eigenvalue weighted by Gasteiger charge is 2.19. The molecule has 1 amide bonds. The number of amides is 1. The highest BCUT2D eigenvalue weighted by Crippen LogP contribution is 1.99. The molecule has 0 unspecified atom stereocenters. The number of allylic oxidation sites excluding steroid dienone is 1. The zero-order chi connectivity index (χ0) is 10.5. The predicted octanol–water partition coefficient (Wildman–Crippen LogP) is 1.22. The first-order valence-electron chi connectivity index (χ1n) is 4.97. The monoisotopic (exact) mass is 201 g/mol. The second-order valence-electron chi connectivity index (χ2n) is 3.40. The largest absolute Gasteiger partial charge is 0.280 e. The molecule has 1 N–H and O–H groups in total. The minimum atomic E-state index is 0.0827. The van der Waals surface area contributed by atoms with Crippen LogP contribution in [0.4, 0.5) is 0 Å². The maximum Gasteiger partial charge on any atom is 0.280 e. The molecule has 0 spiro atoms. The summed E-state index contributed by atoms with van der Waals surface area (Å²) in [5, 5.41) is 0. The fraction of sp³-hybridized carbons (Fsp3) is 0.167. The van der Waals surface area contributed by atoms with E-state index in [1.54, 1.807) is 4.68 Å². The van der Waals surface area contributed by atoms with Crippen LogP contribution in [0, 0.1) is 0 Å². The lowest BCUT2D eigenvalue weighted by atomic mass is 10.2. The summed E-state index contributed by atoms with van der Waals surface area (Å²) in [6.07, 6.45) is 6.39. The second kappa shape index (κ2) is 4.55. The van der Waals surface area contributed by atoms with Crippen LogP contribution in [0.15, 0.2) is 36.4 Å². The Morgan fingerprint density at radius 2 is 2.07 bits per heavy atom. The molecule has 1 aromatic carbocycles. The summed E-state index contributed by atoms with van der Waals surface area (Å²) >= 11 is 0. The minimum absolute atomic E-state index is 0.0827. The maximum atomic E-state index is 10.9. The SMILES string of the molecule is O=C1CC[N+](=CC=Cc2ccccc2)N1. The molecule has 0 aromatic heterocycles. The zero-order valence-electron chi connectivity index (χ0n) is 8.39. The van der Waals surface area contributed by atoms with Crippen molar-refractivity contribution in [3.63, 3.8) is 0 Å². The van der Waals surface area contributed by atoms with Gasteiger partial charge in [-0.05, 0) is 11.6 Å². The van der Waals surface area contributed by atoms with E-state index in [9.17, 15) is 4.79 Å². The smallest absolute Gasteiger partial charge is 0.269 e. The quantitative estimate of drug-likeness (QED) is 0.717. The molecule has 15 heavy (non-hydrogen) atoms. The van der Waals surface area contributed by atoms with E-state index >= 15 is 0 Å². The van der Waals surface area contributed by atoms with Gasteiger partial charge in [-0.15, -0.1) is 10.1 Å². The molecule has 0 bridgehead atoms. The third-order valence-electron chi connectivity index (χ3n) is 2.20. The first kappa shape index (κ1) is 9.65. The summed E-state index contributed by atoms with van der Waals surface area (Å²) in [5.74, 6) is 0.0827. The molecule has 0 saturated carbocycles. The molecule has 2 rings (SSSR count). The lowest BCUT2D eigenvalue weighted by molar-refractivity contribution is -0.553. The molecule has 1 saturated heterocycles. The highest BCUT2D eigenvalue weighted by molar-refractivity contribution is 5.79. The molecular formula is C12H13N2O+. The number of nitrogens with zero attached hydrogens (tertiary/aromatic N) is 1. The van der Waals surface area contributed by atoms with Crippen molar-refractivity contribution in [2.24, 2.45) is 0 Å². The number of carbonyl (C=O) groups is 1. The van der Waals surface area contributed by atoms with Crippen LogP contribution < -0.4 is 5.43 Å². The van der Waals surface area contributed by atoms with Gasteiger partial charge in [0.2, 0.25) is 0 Å². The number of benzene rings is 1. The number of nitrogens with one attached hydrogen (secondary N) is 1. The Balaban J connectivity index is 1.98. The first-order valence-corrected chi connectivity index (χ1v) is 4.97. The number of hydrazone groups is 1. The van der Waals surface area contributed by atoms with E-state index in [0.29, 0.717) is 6.42 Å². The van der Waals surface area contributed by atoms with Gasteiger partial charge in [-0.3, -0.25) is 4.79 Å². The van der Waals surface area contributed by atoms with Crippen LogP contribution in [0.5, 0.6) is 0 Å². The predicted molar refractivity (Wildman–Crippen MR) is 59.4 cm³/mol. The molecule has 0 aliphatic carbocycles. The molecule has 0 atom stereocenters. The Morgan fingerprint density at radius 1 is 1.27 bits per heavy atom. The van der Waals surface area contributed by atoms with Crippen molar-refractivity contribution in [2.45, 2.75) is 6.42 Å². The van der Waals surface area contributed by atoms with Crippen molar-refractivity contribution in [1.82, 2.24) is 5.43 Å². The van der Waals surface area contributed by atoms with Gasteiger partial charge in [0, 0.05) is 6.08 Å². The summed E-state index contributed by atoms with van der Waals surface area (Å²) in [4.78, 5) is 10.9. The average Bonchev–Trinajstić information content (AvgIpc) is 2.66. The third kappa shape index (κ3) is 2.77. The Kier molecular flexibility index (Phi) is 2.93. The summed E-state index contributed by atoms with van der Waals surface area (Å²) < 4.78 is 1.79. The molecule has 1 aliphatic rings. The summed E-state index contributed by atoms with van der Waals surface area (Å²) in [5.41, 5.74) is 3.88. The summed E-state index contributed by atoms with van der Waals surface area (Å²) in [7, 11) is 0. The minimum Gasteiger partial charge on any atom is -0.269 e. The van der Waals surface area contributed by atoms with Crippen LogP contribution in [0.2, 0.25) is 0 Å². The van der Waals surface area contributed by atoms with E-state index in [1.807, 2.05) is 48.7 Å². The van der Waals surface area contributed by atoms with Gasteiger partial charge in [-0.25, -0.2) is 0 Å². The molecule has 1 aliphatic heterocycles. The van der Waals surface area contributed by atoms with Crippen LogP contribution in [-0.4, -0.2) is 23.4 Å². The van der Waals surface area contributed by atoms with E-state index in [2.05, 4.69) is 5.43 Å². The number of hydrogen-bond acceptors (Lipinski definition) is 1. The number of hydrazine groups is 1. The molecule has 1 fully saturated rings. The number of carbonyl (C=O) groups excluding carboxylic acids is 1. The third-order valence-corrected chi connectivity index (χ3v) is 2.20. The van der Waals surface area contributed by atoms with Gasteiger partial charge in [0.15, 0.2) is 12.8 Å². The molecule has 1 aromatic rings. The van der Waals surface area contributed by atoms with E-state index in [0.717, 1.165) is 12.1 Å². The van der Waals surface area contributed by atoms with Crippen molar-refractivity contribution < 1.29 is 9.48 Å². The Bertz CT molecular complexity index is 407. The first-order chi connectivity index (χ1) is 7.34. The van der Waals surface area contributed by atoms with Crippen molar-refractivity contribution in [3.05, 3.63) is 42.0 Å².